The minimum Gasteiger partial charge on any atom is -0.396 e. The number of aliphatic hydroxyl groups is 2. The highest BCUT2D eigenvalue weighted by Gasteiger charge is 2.45. The van der Waals surface area contributed by atoms with Crippen molar-refractivity contribution in [3.05, 3.63) is 0 Å². The molecule has 0 radical (unpaired) electrons. The molecule has 0 aromatic carbocycles. The van der Waals surface area contributed by atoms with Crippen molar-refractivity contribution < 1.29 is 24.5 Å². The van der Waals surface area contributed by atoms with E-state index in [2.05, 4.69) is 37.9 Å². The Morgan fingerprint density at radius 2 is 1.75 bits per heavy atom. The minimum absolute atomic E-state index is 0.00199. The molecule has 0 aromatic rings. The summed E-state index contributed by atoms with van der Waals surface area (Å²) >= 11 is 0. The summed E-state index contributed by atoms with van der Waals surface area (Å²) in [6.45, 7) is 7.94. The summed E-state index contributed by atoms with van der Waals surface area (Å²) in [5, 5.41) is 25.4. The Balaban J connectivity index is 1.56. The van der Waals surface area contributed by atoms with Crippen molar-refractivity contribution in [1.29, 1.82) is 0 Å². The minimum atomic E-state index is -0.524. The fourth-order valence-electron chi connectivity index (χ4n) is 11.7. The van der Waals surface area contributed by atoms with E-state index in [0.717, 1.165) is 70.8 Å². The summed E-state index contributed by atoms with van der Waals surface area (Å²) in [6.07, 6.45) is 17.0. The van der Waals surface area contributed by atoms with Gasteiger partial charge in [0.25, 0.3) is 0 Å². The first-order valence-corrected chi connectivity index (χ1v) is 21.5. The van der Waals surface area contributed by atoms with Crippen molar-refractivity contribution in [3.8, 4) is 11.8 Å². The Morgan fingerprint density at radius 1 is 0.941 bits per heavy atom. The van der Waals surface area contributed by atoms with Crippen molar-refractivity contribution >= 4 is 11.6 Å². The van der Waals surface area contributed by atoms with Crippen molar-refractivity contribution in [2.24, 2.45) is 76.7 Å². The van der Waals surface area contributed by atoms with Crippen LogP contribution >= 0.6 is 0 Å². The van der Waals surface area contributed by atoms with E-state index < -0.39 is 6.10 Å². The molecule has 290 valence electrons. The van der Waals surface area contributed by atoms with Crippen LogP contribution in [0.25, 0.3) is 0 Å². The molecular weight excluding hydrogens is 636 g/mol. The van der Waals surface area contributed by atoms with Gasteiger partial charge in [-0.3, -0.25) is 9.59 Å². The zero-order chi connectivity index (χ0) is 36.5. The van der Waals surface area contributed by atoms with Crippen LogP contribution in [-0.2, 0) is 14.3 Å². The van der Waals surface area contributed by atoms with Gasteiger partial charge in [-0.05, 0) is 137 Å². The summed E-state index contributed by atoms with van der Waals surface area (Å²) in [7, 11) is 1.70. The van der Waals surface area contributed by atoms with E-state index in [0.29, 0.717) is 42.4 Å². The summed E-state index contributed by atoms with van der Waals surface area (Å²) in [5.74, 6) is 11.5. The molecule has 14 unspecified atom stereocenters. The summed E-state index contributed by atoms with van der Waals surface area (Å²) in [6, 6.07) is 0. The molecule has 14 atom stereocenters. The second kappa shape index (κ2) is 19.9. The fraction of sp³-hybridized carbons (Fsp3) is 0.909. The molecule has 3 saturated carbocycles. The molecule has 1 saturated heterocycles. The number of carbonyl (C=O) groups is 2. The molecule has 7 nitrogen and oxygen atoms in total. The highest BCUT2D eigenvalue weighted by atomic mass is 16.5. The molecule has 7 heteroatoms. The lowest BCUT2D eigenvalue weighted by Gasteiger charge is -2.46. The third kappa shape index (κ3) is 11.1. The SMILES string of the molecule is CCCC(CO)C1CC(CC2CCNC(N)C2)CC2C#CC(C3CCCCC3CCC(C)C)C3CC(O)C(OC)CC3CCC(=O)CC(=O)C2C1. The molecule has 51 heavy (non-hydrogen) atoms. The average molecular weight is 711 g/mol. The first-order valence-electron chi connectivity index (χ1n) is 21.5. The van der Waals surface area contributed by atoms with Crippen LogP contribution in [0.15, 0.2) is 0 Å². The molecule has 0 bridgehead atoms. The Hall–Kier alpha value is -1.30. The number of aliphatic hydroxyl groups excluding tert-OH is 2. The van der Waals surface area contributed by atoms with E-state index in [1.165, 1.54) is 38.5 Å². The highest BCUT2D eigenvalue weighted by Crippen LogP contribution is 2.49. The van der Waals surface area contributed by atoms with Crippen LogP contribution in [0.1, 0.15) is 143 Å². The first kappa shape index (κ1) is 40.9. The van der Waals surface area contributed by atoms with Crippen molar-refractivity contribution in [2.45, 2.75) is 161 Å². The molecular formula is C44H74N2O5. The number of nitrogens with two attached hydrogens (primary N) is 1. The second-order valence-electron chi connectivity index (χ2n) is 18.4. The maximum atomic E-state index is 14.4. The van der Waals surface area contributed by atoms with Gasteiger partial charge < -0.3 is 26.0 Å². The lowest BCUT2D eigenvalue weighted by molar-refractivity contribution is -0.131. The number of fused-ring (bicyclic) bond motifs is 2. The second-order valence-corrected chi connectivity index (χ2v) is 18.4. The normalized spacial score (nSPS) is 40.5. The van der Waals surface area contributed by atoms with Gasteiger partial charge in [-0.1, -0.05) is 64.7 Å². The molecule has 0 amide bonds. The van der Waals surface area contributed by atoms with Gasteiger partial charge in [-0.2, -0.15) is 0 Å². The summed E-state index contributed by atoms with van der Waals surface area (Å²) < 4.78 is 5.80. The van der Waals surface area contributed by atoms with Crippen molar-refractivity contribution in [2.75, 3.05) is 20.3 Å². The maximum Gasteiger partial charge on any atom is 0.144 e. The Kier molecular flexibility index (Phi) is 15.9. The Morgan fingerprint density at radius 3 is 2.47 bits per heavy atom. The first-order chi connectivity index (χ1) is 24.6. The van der Waals surface area contributed by atoms with Crippen LogP contribution in [0.2, 0.25) is 0 Å². The third-order valence-electron chi connectivity index (χ3n) is 14.4. The zero-order valence-electron chi connectivity index (χ0n) is 32.7. The predicted octanol–water partition coefficient (Wildman–Crippen LogP) is 7.30. The number of nitrogens with one attached hydrogen (secondary N) is 1. The number of Topliss-reactive ketones (excluding diaryl/α,β-unsaturated/α-hetero) is 2. The molecule has 4 aliphatic carbocycles. The van der Waals surface area contributed by atoms with Gasteiger partial charge in [-0.15, -0.1) is 0 Å². The zero-order valence-corrected chi connectivity index (χ0v) is 32.7. The number of hydrogen-bond acceptors (Lipinski definition) is 7. The molecule has 5 N–H and O–H groups in total. The maximum absolute atomic E-state index is 14.4. The van der Waals surface area contributed by atoms with Crippen LogP contribution in [0.3, 0.4) is 0 Å². The van der Waals surface area contributed by atoms with Gasteiger partial charge in [0.05, 0.1) is 24.8 Å². The third-order valence-corrected chi connectivity index (χ3v) is 14.4. The van der Waals surface area contributed by atoms with Crippen molar-refractivity contribution in [1.82, 2.24) is 5.32 Å². The average Bonchev–Trinajstić information content (AvgIpc) is 3.28. The van der Waals surface area contributed by atoms with E-state index in [-0.39, 0.29) is 78.3 Å². The molecule has 0 aromatic heterocycles. The van der Waals surface area contributed by atoms with Crippen LogP contribution in [0.5, 0.6) is 0 Å². The van der Waals surface area contributed by atoms with E-state index in [1.807, 2.05) is 0 Å². The fourth-order valence-corrected chi connectivity index (χ4v) is 11.7. The number of ether oxygens (including phenoxy) is 1. The quantitative estimate of drug-likeness (QED) is 0.131. The highest BCUT2D eigenvalue weighted by molar-refractivity contribution is 6.00. The van der Waals surface area contributed by atoms with E-state index in [1.54, 1.807) is 7.11 Å². The van der Waals surface area contributed by atoms with Gasteiger partial charge >= 0.3 is 0 Å². The number of hydrogen-bond donors (Lipinski definition) is 4. The van der Waals surface area contributed by atoms with Crippen LogP contribution in [-0.4, -0.2) is 60.4 Å². The monoisotopic (exact) mass is 711 g/mol. The van der Waals surface area contributed by atoms with Crippen LogP contribution in [0.4, 0.5) is 0 Å². The number of piperidine rings is 1. The van der Waals surface area contributed by atoms with E-state index >= 15 is 0 Å². The van der Waals surface area contributed by atoms with Gasteiger partial charge in [0.2, 0.25) is 0 Å². The molecule has 4 fully saturated rings. The number of rotatable bonds is 11. The molecule has 1 heterocycles. The van der Waals surface area contributed by atoms with Crippen LogP contribution in [0, 0.1) is 82.9 Å². The summed E-state index contributed by atoms with van der Waals surface area (Å²) in [4.78, 5) is 28.0. The van der Waals surface area contributed by atoms with Gasteiger partial charge in [0.15, 0.2) is 0 Å². The van der Waals surface area contributed by atoms with Gasteiger partial charge in [0, 0.05) is 37.9 Å². The van der Waals surface area contributed by atoms with Crippen LogP contribution < -0.4 is 11.1 Å². The number of ketones is 2. The Labute approximate surface area is 310 Å². The Bertz CT molecular complexity index is 1160. The standard InChI is InChI=1S/C44H74N2O5/c1-5-8-34(27-47)35-21-30(19-29-17-18-46-44(45)22-29)20-32-14-16-38(37-10-7-6-9-31(37)12-11-28(2)3)39-26-42(50)43(51-4)24-33(39)13-15-36(48)25-41(49)40(32)23-35/h28-35,37-40,42-44,46-47,50H,5-13,15,17-27,45H2,1-4H3. The van der Waals surface area contributed by atoms with Gasteiger partial charge in [0.1, 0.15) is 11.6 Å². The molecule has 0 spiro atoms. The van der Waals surface area contributed by atoms with E-state index in [4.69, 9.17) is 10.5 Å². The number of carbonyl (C=O) groups excluding carboxylic acids is 2. The molecule has 1 aliphatic heterocycles. The lowest BCUT2D eigenvalue weighted by Crippen LogP contribution is -2.45. The van der Waals surface area contributed by atoms with Crippen molar-refractivity contribution in [3.63, 3.8) is 0 Å². The summed E-state index contributed by atoms with van der Waals surface area (Å²) in [5.41, 5.74) is 6.38. The molecule has 5 aliphatic rings. The largest absolute Gasteiger partial charge is 0.396 e. The lowest BCUT2D eigenvalue weighted by atomic mass is 9.60. The predicted molar refractivity (Wildman–Crippen MR) is 204 cm³/mol. The smallest absolute Gasteiger partial charge is 0.144 e. The van der Waals surface area contributed by atoms with Gasteiger partial charge in [-0.25, -0.2) is 0 Å². The van der Waals surface area contributed by atoms with E-state index in [9.17, 15) is 19.8 Å². The topological polar surface area (TPSA) is 122 Å². The number of methoxy groups -OCH3 is 1. The molecule has 5 rings (SSSR count).